The molecule has 100 valence electrons. The molecule has 2 rings (SSSR count). The summed E-state index contributed by atoms with van der Waals surface area (Å²) in [7, 11) is 0. The van der Waals surface area contributed by atoms with Crippen LogP contribution in [0.15, 0.2) is 33.1 Å². The van der Waals surface area contributed by atoms with E-state index in [0.717, 1.165) is 0 Å². The van der Waals surface area contributed by atoms with Crippen LogP contribution in [-0.2, 0) is 4.79 Å². The summed E-state index contributed by atoms with van der Waals surface area (Å²) >= 11 is 1.39. The molecule has 1 aromatic rings. The number of hydrogen-bond donors (Lipinski definition) is 1. The molecule has 0 aliphatic carbocycles. The number of nitro groups is 1. The van der Waals surface area contributed by atoms with Gasteiger partial charge < -0.3 is 5.11 Å². The number of aliphatic carboxylic acids is 1. The first kappa shape index (κ1) is 13.4. The van der Waals surface area contributed by atoms with Gasteiger partial charge in [0.15, 0.2) is 0 Å². The van der Waals surface area contributed by atoms with Crippen LogP contribution in [0.5, 0.6) is 0 Å². The van der Waals surface area contributed by atoms with Crippen molar-refractivity contribution in [2.24, 2.45) is 4.99 Å². The molecule has 0 spiro atoms. The molecule has 0 aromatic carbocycles. The Morgan fingerprint density at radius 2 is 2.21 bits per heavy atom. The molecule has 0 amide bonds. The summed E-state index contributed by atoms with van der Waals surface area (Å²) in [5, 5.41) is 24.1. The summed E-state index contributed by atoms with van der Waals surface area (Å²) in [6, 6.07) is 0.602. The van der Waals surface area contributed by atoms with Crippen LogP contribution in [0.1, 0.15) is 25.3 Å². The fraction of sp³-hybridized carbons (Fsp3) is 0.333. The molecule has 1 aromatic heterocycles. The van der Waals surface area contributed by atoms with Crippen LogP contribution in [0.3, 0.4) is 0 Å². The number of carbonyl (C=O) groups is 1. The van der Waals surface area contributed by atoms with Crippen molar-refractivity contribution in [3.63, 3.8) is 0 Å². The predicted octanol–water partition coefficient (Wildman–Crippen LogP) is 2.31. The van der Waals surface area contributed by atoms with Crippen molar-refractivity contribution in [1.82, 2.24) is 0 Å². The Morgan fingerprint density at radius 1 is 1.53 bits per heavy atom. The molecule has 1 aliphatic rings. The number of allylic oxidation sites excluding steroid dienone is 1. The normalized spacial score (nSPS) is 23.2. The van der Waals surface area contributed by atoms with Crippen molar-refractivity contribution in [3.8, 4) is 0 Å². The van der Waals surface area contributed by atoms with Crippen LogP contribution < -0.4 is 0 Å². The Hall–Kier alpha value is -2.02. The standard InChI is InChI=1S/C12H12N2O4S/c1-6-9(12(15)16)10(8-3-4-19-5-8)11(14(17)18)7(2)13-6/h3-5,10-11H,1-2H3,(H,15,16). The van der Waals surface area contributed by atoms with Gasteiger partial charge in [-0.1, -0.05) is 0 Å². The molecule has 1 aliphatic heterocycles. The average Bonchev–Trinajstić information content (AvgIpc) is 2.79. The van der Waals surface area contributed by atoms with E-state index in [1.54, 1.807) is 30.7 Å². The molecule has 6 nitrogen and oxygen atoms in total. The van der Waals surface area contributed by atoms with Crippen molar-refractivity contribution in [3.05, 3.63) is 43.8 Å². The quantitative estimate of drug-likeness (QED) is 0.679. The smallest absolute Gasteiger partial charge is 0.334 e. The molecule has 0 radical (unpaired) electrons. The van der Waals surface area contributed by atoms with E-state index in [4.69, 9.17) is 0 Å². The van der Waals surface area contributed by atoms with Crippen LogP contribution in [0.4, 0.5) is 0 Å². The number of rotatable bonds is 3. The molecule has 0 bridgehead atoms. The van der Waals surface area contributed by atoms with E-state index >= 15 is 0 Å². The largest absolute Gasteiger partial charge is 0.478 e. The second-order valence-electron chi connectivity index (χ2n) is 4.32. The van der Waals surface area contributed by atoms with Crippen molar-refractivity contribution >= 4 is 23.0 Å². The van der Waals surface area contributed by atoms with Gasteiger partial charge >= 0.3 is 5.97 Å². The Bertz CT molecular complexity index is 589. The Labute approximate surface area is 113 Å². The molecule has 0 saturated heterocycles. The van der Waals surface area contributed by atoms with E-state index in [0.29, 0.717) is 17.0 Å². The first-order chi connectivity index (χ1) is 8.93. The van der Waals surface area contributed by atoms with E-state index < -0.39 is 22.9 Å². The SMILES string of the molecule is CC1=NC(C)=C(C(=O)O)C(c2ccsc2)C1[N+](=O)[O-]. The third-order valence-corrected chi connectivity index (χ3v) is 3.85. The monoisotopic (exact) mass is 280 g/mol. The topological polar surface area (TPSA) is 92.8 Å². The van der Waals surface area contributed by atoms with E-state index in [2.05, 4.69) is 4.99 Å². The van der Waals surface area contributed by atoms with Crippen molar-refractivity contribution in [1.29, 1.82) is 0 Å². The molecule has 1 N–H and O–H groups in total. The minimum atomic E-state index is -1.16. The zero-order chi connectivity index (χ0) is 14.2. The number of carboxylic acids is 1. The Morgan fingerprint density at radius 3 is 2.68 bits per heavy atom. The van der Waals surface area contributed by atoms with Crippen molar-refractivity contribution in [2.45, 2.75) is 25.8 Å². The van der Waals surface area contributed by atoms with E-state index in [1.807, 2.05) is 0 Å². The van der Waals surface area contributed by atoms with Crippen molar-refractivity contribution in [2.75, 3.05) is 0 Å². The molecule has 2 atom stereocenters. The van der Waals surface area contributed by atoms with Crippen LogP contribution in [-0.4, -0.2) is 27.8 Å². The lowest BCUT2D eigenvalue weighted by molar-refractivity contribution is -0.505. The molecule has 2 heterocycles. The van der Waals surface area contributed by atoms with Gasteiger partial charge in [-0.3, -0.25) is 15.1 Å². The van der Waals surface area contributed by atoms with Crippen LogP contribution in [0.25, 0.3) is 0 Å². The number of nitrogens with zero attached hydrogens (tertiary/aromatic N) is 2. The summed E-state index contributed by atoms with van der Waals surface area (Å²) < 4.78 is 0. The second kappa shape index (κ2) is 4.93. The molecular formula is C12H12N2O4S. The van der Waals surface area contributed by atoms with Crippen molar-refractivity contribution < 1.29 is 14.8 Å². The maximum atomic E-state index is 11.4. The van der Waals surface area contributed by atoms with Crippen LogP contribution in [0.2, 0.25) is 0 Å². The zero-order valence-electron chi connectivity index (χ0n) is 10.4. The summed E-state index contributed by atoms with van der Waals surface area (Å²) in [6.45, 7) is 3.14. The van der Waals surface area contributed by atoms with Gasteiger partial charge in [-0.05, 0) is 36.2 Å². The summed E-state index contributed by atoms with van der Waals surface area (Å²) in [5.74, 6) is -1.94. The van der Waals surface area contributed by atoms with Crippen LogP contribution in [0, 0.1) is 10.1 Å². The maximum absolute atomic E-state index is 11.4. The first-order valence-electron chi connectivity index (χ1n) is 5.58. The molecule has 19 heavy (non-hydrogen) atoms. The minimum absolute atomic E-state index is 0.00528. The second-order valence-corrected chi connectivity index (χ2v) is 5.10. The molecule has 7 heteroatoms. The summed E-state index contributed by atoms with van der Waals surface area (Å²) in [5.41, 5.74) is 1.33. The zero-order valence-corrected chi connectivity index (χ0v) is 11.2. The number of carboxylic acid groups (broad SMARTS) is 1. The number of aliphatic imine (C=N–C) groups is 1. The maximum Gasteiger partial charge on any atom is 0.334 e. The van der Waals surface area contributed by atoms with Gasteiger partial charge in [-0.2, -0.15) is 11.3 Å². The van der Waals surface area contributed by atoms with E-state index in [-0.39, 0.29) is 5.57 Å². The summed E-state index contributed by atoms with van der Waals surface area (Å²) in [4.78, 5) is 26.2. The van der Waals surface area contributed by atoms with Crippen LogP contribution >= 0.6 is 11.3 Å². The van der Waals surface area contributed by atoms with E-state index in [1.165, 1.54) is 11.3 Å². The fourth-order valence-electron chi connectivity index (χ4n) is 2.38. The summed E-state index contributed by atoms with van der Waals surface area (Å²) in [6.07, 6.45) is 0. The predicted molar refractivity (Wildman–Crippen MR) is 71.3 cm³/mol. The Balaban J connectivity index is 2.63. The molecule has 2 unspecified atom stereocenters. The molecular weight excluding hydrogens is 268 g/mol. The van der Waals surface area contributed by atoms with Gasteiger partial charge in [0.2, 0.25) is 0 Å². The molecule has 0 saturated carbocycles. The third kappa shape index (κ3) is 2.28. The Kier molecular flexibility index (Phi) is 3.48. The fourth-order valence-corrected chi connectivity index (χ4v) is 3.07. The van der Waals surface area contributed by atoms with Gasteiger partial charge in [-0.15, -0.1) is 0 Å². The highest BCUT2D eigenvalue weighted by molar-refractivity contribution is 7.08. The lowest BCUT2D eigenvalue weighted by atomic mass is 9.81. The van der Waals surface area contributed by atoms with Gasteiger partial charge in [-0.25, -0.2) is 4.79 Å². The molecule has 0 fully saturated rings. The first-order valence-corrected chi connectivity index (χ1v) is 6.52. The minimum Gasteiger partial charge on any atom is -0.478 e. The highest BCUT2D eigenvalue weighted by Crippen LogP contribution is 2.37. The van der Waals surface area contributed by atoms with Gasteiger partial charge in [0, 0.05) is 10.6 Å². The van der Waals surface area contributed by atoms with Gasteiger partial charge in [0.25, 0.3) is 6.04 Å². The van der Waals surface area contributed by atoms with Gasteiger partial charge in [0.1, 0.15) is 0 Å². The number of hydrogen-bond acceptors (Lipinski definition) is 5. The van der Waals surface area contributed by atoms with Gasteiger partial charge in [0.05, 0.1) is 17.2 Å². The highest BCUT2D eigenvalue weighted by Gasteiger charge is 2.44. The number of thiophene rings is 1. The highest BCUT2D eigenvalue weighted by atomic mass is 32.1. The lowest BCUT2D eigenvalue weighted by Gasteiger charge is -2.25. The van der Waals surface area contributed by atoms with E-state index in [9.17, 15) is 20.0 Å². The third-order valence-electron chi connectivity index (χ3n) is 3.15. The lowest BCUT2D eigenvalue weighted by Crippen LogP contribution is -2.39. The average molecular weight is 280 g/mol.